The Morgan fingerprint density at radius 3 is 2.87 bits per heavy atom. The summed E-state index contributed by atoms with van der Waals surface area (Å²) in [6, 6.07) is 13.6. The lowest BCUT2D eigenvalue weighted by Crippen LogP contribution is -2.47. The molecule has 2 aromatic carbocycles. The fourth-order valence-electron chi connectivity index (χ4n) is 4.60. The van der Waals surface area contributed by atoms with Gasteiger partial charge in [-0.3, -0.25) is 4.79 Å². The van der Waals surface area contributed by atoms with Crippen LogP contribution in [0, 0.1) is 12.8 Å². The van der Waals surface area contributed by atoms with Gasteiger partial charge >= 0.3 is 0 Å². The quantitative estimate of drug-likeness (QED) is 0.824. The molecule has 158 valence electrons. The first-order chi connectivity index (χ1) is 14.6. The first kappa shape index (κ1) is 19.2. The smallest absolute Gasteiger partial charge is 0.251 e. The largest absolute Gasteiger partial charge is 0.490 e. The molecule has 6 nitrogen and oxygen atoms in total. The van der Waals surface area contributed by atoms with Crippen LogP contribution in [-0.4, -0.2) is 55.8 Å². The number of amides is 1. The highest BCUT2D eigenvalue weighted by molar-refractivity contribution is 5.95. The molecule has 0 saturated carbocycles. The normalized spacial score (nSPS) is 26.8. The highest BCUT2D eigenvalue weighted by Crippen LogP contribution is 2.33. The number of carbonyl (C=O) groups is 1. The fraction of sp³-hybridized carbons (Fsp3) is 0.458. The van der Waals surface area contributed by atoms with E-state index in [1.165, 1.54) is 18.5 Å². The van der Waals surface area contributed by atoms with Crippen LogP contribution in [0.3, 0.4) is 0 Å². The van der Waals surface area contributed by atoms with Crippen LogP contribution in [0.25, 0.3) is 0 Å². The molecule has 1 amide bonds. The van der Waals surface area contributed by atoms with Crippen LogP contribution in [0.1, 0.15) is 28.8 Å². The van der Waals surface area contributed by atoms with Crippen LogP contribution in [0.5, 0.6) is 17.2 Å². The molecule has 3 heterocycles. The monoisotopic (exact) mass is 408 g/mol. The van der Waals surface area contributed by atoms with Gasteiger partial charge in [0, 0.05) is 24.7 Å². The number of fused-ring (bicyclic) bond motifs is 3. The van der Waals surface area contributed by atoms with E-state index >= 15 is 0 Å². The van der Waals surface area contributed by atoms with Crippen molar-refractivity contribution in [2.45, 2.75) is 31.9 Å². The molecule has 0 spiro atoms. The minimum absolute atomic E-state index is 0.0491. The minimum atomic E-state index is -0.223. The van der Waals surface area contributed by atoms with Crippen LogP contribution >= 0.6 is 0 Å². The van der Waals surface area contributed by atoms with E-state index in [1.807, 2.05) is 37.3 Å². The Hall–Kier alpha value is -2.73. The second kappa shape index (κ2) is 8.19. The Morgan fingerprint density at radius 2 is 2.03 bits per heavy atom. The van der Waals surface area contributed by atoms with Gasteiger partial charge in [0.2, 0.25) is 0 Å². The third kappa shape index (κ3) is 4.24. The molecule has 2 saturated heterocycles. The van der Waals surface area contributed by atoms with E-state index in [9.17, 15) is 4.79 Å². The van der Waals surface area contributed by atoms with E-state index < -0.39 is 0 Å². The molecule has 2 bridgehead atoms. The van der Waals surface area contributed by atoms with Gasteiger partial charge in [-0.2, -0.15) is 0 Å². The molecular weight excluding hydrogens is 380 g/mol. The molecule has 3 aliphatic rings. The highest BCUT2D eigenvalue weighted by atomic mass is 16.6. The zero-order chi connectivity index (χ0) is 20.5. The van der Waals surface area contributed by atoms with Crippen molar-refractivity contribution in [2.75, 3.05) is 32.8 Å². The molecule has 2 aromatic rings. The first-order valence-corrected chi connectivity index (χ1v) is 10.8. The molecular formula is C24H28N2O4. The third-order valence-corrected chi connectivity index (χ3v) is 6.18. The van der Waals surface area contributed by atoms with E-state index in [4.69, 9.17) is 14.2 Å². The number of ether oxygens (including phenoxy) is 3. The number of carbonyl (C=O) groups excluding carboxylic acids is 1. The van der Waals surface area contributed by atoms with Gasteiger partial charge in [-0.05, 0) is 62.6 Å². The van der Waals surface area contributed by atoms with Crippen molar-refractivity contribution in [1.29, 1.82) is 0 Å². The van der Waals surface area contributed by atoms with Crippen LogP contribution in [0.2, 0.25) is 0 Å². The minimum Gasteiger partial charge on any atom is -0.490 e. The molecule has 30 heavy (non-hydrogen) atoms. The second-order valence-corrected chi connectivity index (χ2v) is 8.66. The number of nitrogens with one attached hydrogen (secondary N) is 1. The number of rotatable bonds is 5. The maximum absolute atomic E-state index is 12.8. The third-order valence-electron chi connectivity index (χ3n) is 6.18. The summed E-state index contributed by atoms with van der Waals surface area (Å²) >= 11 is 0. The number of hydrogen-bond acceptors (Lipinski definition) is 5. The summed E-state index contributed by atoms with van der Waals surface area (Å²) in [6.07, 6.45) is 2.10. The predicted molar refractivity (Wildman–Crippen MR) is 113 cm³/mol. The molecule has 6 heteroatoms. The summed E-state index contributed by atoms with van der Waals surface area (Å²) < 4.78 is 17.7. The molecule has 3 aliphatic heterocycles. The van der Waals surface area contributed by atoms with Gasteiger partial charge in [-0.25, -0.2) is 0 Å². The Kier molecular flexibility index (Phi) is 5.25. The lowest BCUT2D eigenvalue weighted by atomic mass is 9.96. The van der Waals surface area contributed by atoms with Gasteiger partial charge in [0.1, 0.15) is 19.0 Å². The van der Waals surface area contributed by atoms with Crippen molar-refractivity contribution >= 4 is 5.91 Å². The van der Waals surface area contributed by atoms with Gasteiger partial charge in [-0.15, -0.1) is 0 Å². The molecule has 1 N–H and O–H groups in total. The van der Waals surface area contributed by atoms with E-state index in [-0.39, 0.29) is 18.1 Å². The Balaban J connectivity index is 1.19. The number of benzene rings is 2. The molecule has 0 radical (unpaired) electrons. The zero-order valence-corrected chi connectivity index (χ0v) is 17.3. The lowest BCUT2D eigenvalue weighted by molar-refractivity contribution is 0.0533. The topological polar surface area (TPSA) is 60.0 Å². The van der Waals surface area contributed by atoms with E-state index in [1.54, 1.807) is 12.1 Å². The van der Waals surface area contributed by atoms with Crippen LogP contribution in [0.15, 0.2) is 42.5 Å². The average Bonchev–Trinajstić information content (AvgIpc) is 3.10. The lowest BCUT2D eigenvalue weighted by Gasteiger charge is -2.30. The SMILES string of the molecule is Cc1ccc(OC[C@@H]2COc3ccc(C(=O)N[C@@H]4C[C@@H]5CCN(C5)C4)cc3O2)cc1. The summed E-state index contributed by atoms with van der Waals surface area (Å²) in [5.41, 5.74) is 1.79. The summed E-state index contributed by atoms with van der Waals surface area (Å²) in [5, 5.41) is 3.20. The number of hydrogen-bond donors (Lipinski definition) is 1. The summed E-state index contributed by atoms with van der Waals surface area (Å²) in [4.78, 5) is 15.2. The summed E-state index contributed by atoms with van der Waals surface area (Å²) in [5.74, 6) is 2.74. The van der Waals surface area contributed by atoms with Crippen molar-refractivity contribution in [1.82, 2.24) is 10.2 Å². The molecule has 0 aliphatic carbocycles. The molecule has 1 unspecified atom stereocenters. The number of aryl methyl sites for hydroxylation is 1. The van der Waals surface area contributed by atoms with Gasteiger partial charge < -0.3 is 24.4 Å². The van der Waals surface area contributed by atoms with Crippen molar-refractivity contribution < 1.29 is 19.0 Å². The first-order valence-electron chi connectivity index (χ1n) is 10.8. The fourth-order valence-corrected chi connectivity index (χ4v) is 4.60. The number of piperidine rings is 1. The van der Waals surface area contributed by atoms with Crippen LogP contribution < -0.4 is 19.5 Å². The van der Waals surface area contributed by atoms with Gasteiger partial charge in [0.25, 0.3) is 5.91 Å². The Morgan fingerprint density at radius 1 is 1.17 bits per heavy atom. The van der Waals surface area contributed by atoms with Crippen LogP contribution in [-0.2, 0) is 0 Å². The maximum atomic E-state index is 12.8. The standard InChI is InChI=1S/C24H28N2O4/c1-16-2-5-20(6-3-16)28-14-21-15-29-22-7-4-18(11-23(22)30-21)24(27)25-19-10-17-8-9-26(12-17)13-19/h2-7,11,17,19,21H,8-10,12-15H2,1H3,(H,25,27)/t17-,19+,21+/m0/s1. The highest BCUT2D eigenvalue weighted by Gasteiger charge is 2.33. The van der Waals surface area contributed by atoms with Crippen molar-refractivity contribution in [3.8, 4) is 17.2 Å². The van der Waals surface area contributed by atoms with E-state index in [0.717, 1.165) is 31.2 Å². The van der Waals surface area contributed by atoms with Gasteiger partial charge in [0.15, 0.2) is 17.6 Å². The van der Waals surface area contributed by atoms with E-state index in [2.05, 4.69) is 10.2 Å². The van der Waals surface area contributed by atoms with Gasteiger partial charge in [-0.1, -0.05) is 17.7 Å². The van der Waals surface area contributed by atoms with Crippen LogP contribution in [0.4, 0.5) is 0 Å². The maximum Gasteiger partial charge on any atom is 0.251 e. The van der Waals surface area contributed by atoms with Gasteiger partial charge in [0.05, 0.1) is 0 Å². The van der Waals surface area contributed by atoms with Crippen molar-refractivity contribution in [2.24, 2.45) is 5.92 Å². The van der Waals surface area contributed by atoms with E-state index in [0.29, 0.717) is 30.3 Å². The number of nitrogens with zero attached hydrogens (tertiary/aromatic N) is 1. The Bertz CT molecular complexity index is 902. The molecule has 2 fully saturated rings. The average molecular weight is 408 g/mol. The summed E-state index contributed by atoms with van der Waals surface area (Å²) in [6.45, 7) is 6.14. The molecule has 5 rings (SSSR count). The zero-order valence-electron chi connectivity index (χ0n) is 17.3. The van der Waals surface area contributed by atoms with Crippen molar-refractivity contribution in [3.63, 3.8) is 0 Å². The second-order valence-electron chi connectivity index (χ2n) is 8.66. The van der Waals surface area contributed by atoms with Crippen molar-refractivity contribution in [3.05, 3.63) is 53.6 Å². The molecule has 4 atom stereocenters. The molecule has 0 aromatic heterocycles. The summed E-state index contributed by atoms with van der Waals surface area (Å²) in [7, 11) is 0. The predicted octanol–water partition coefficient (Wildman–Crippen LogP) is 3.04. The Labute approximate surface area is 177 Å².